The third-order valence-electron chi connectivity index (χ3n) is 2.87. The van der Waals surface area contributed by atoms with Crippen molar-refractivity contribution < 1.29 is 4.74 Å². The summed E-state index contributed by atoms with van der Waals surface area (Å²) in [6.45, 7) is 5.01. The van der Waals surface area contributed by atoms with Crippen molar-refractivity contribution in [3.63, 3.8) is 0 Å². The summed E-state index contributed by atoms with van der Waals surface area (Å²) in [5.74, 6) is 0.859. The Morgan fingerprint density at radius 1 is 1.16 bits per heavy atom. The van der Waals surface area contributed by atoms with E-state index in [0.717, 1.165) is 21.6 Å². The number of aryl methyl sites for hydroxylation is 2. The minimum absolute atomic E-state index is 0.449. The molecule has 2 rings (SSSR count). The summed E-state index contributed by atoms with van der Waals surface area (Å²) < 4.78 is 6.91. The summed E-state index contributed by atoms with van der Waals surface area (Å²) >= 11 is 3.55. The minimum atomic E-state index is 0.449. The number of halogens is 1. The topological polar surface area (TPSA) is 48.1 Å². The standard InChI is InChI=1S/C15H17BrN2O/c1-10-6-14(7-11(2)15(10)16)19-9-13-5-3-4-12(8-17)18-13/h3-7H,8-9,17H2,1-2H3. The normalized spacial score (nSPS) is 10.5. The molecule has 3 nitrogen and oxygen atoms in total. The molecule has 2 N–H and O–H groups in total. The van der Waals surface area contributed by atoms with E-state index in [9.17, 15) is 0 Å². The monoisotopic (exact) mass is 320 g/mol. The molecule has 1 aromatic heterocycles. The number of pyridine rings is 1. The number of nitrogens with zero attached hydrogens (tertiary/aromatic N) is 1. The van der Waals surface area contributed by atoms with Gasteiger partial charge >= 0.3 is 0 Å². The Hall–Kier alpha value is -1.39. The van der Waals surface area contributed by atoms with E-state index in [2.05, 4.69) is 34.8 Å². The second-order valence-electron chi connectivity index (χ2n) is 4.48. The lowest BCUT2D eigenvalue weighted by Gasteiger charge is -2.10. The van der Waals surface area contributed by atoms with E-state index in [1.165, 1.54) is 11.1 Å². The molecule has 0 atom stereocenters. The average molecular weight is 321 g/mol. The minimum Gasteiger partial charge on any atom is -0.487 e. The fourth-order valence-electron chi connectivity index (χ4n) is 1.87. The zero-order valence-electron chi connectivity index (χ0n) is 11.1. The van der Waals surface area contributed by atoms with Crippen LogP contribution in [0.5, 0.6) is 5.75 Å². The van der Waals surface area contributed by atoms with Gasteiger partial charge in [0.05, 0.1) is 11.4 Å². The van der Waals surface area contributed by atoms with Gasteiger partial charge in [0.1, 0.15) is 12.4 Å². The number of ether oxygens (including phenoxy) is 1. The van der Waals surface area contributed by atoms with Crippen molar-refractivity contribution in [3.05, 3.63) is 57.3 Å². The number of nitrogens with two attached hydrogens (primary N) is 1. The largest absolute Gasteiger partial charge is 0.487 e. The highest BCUT2D eigenvalue weighted by molar-refractivity contribution is 9.10. The van der Waals surface area contributed by atoms with Crippen molar-refractivity contribution in [2.45, 2.75) is 27.0 Å². The van der Waals surface area contributed by atoms with Crippen LogP contribution in [-0.4, -0.2) is 4.98 Å². The molecule has 0 fully saturated rings. The maximum Gasteiger partial charge on any atom is 0.130 e. The summed E-state index contributed by atoms with van der Waals surface area (Å²) in [5, 5.41) is 0. The van der Waals surface area contributed by atoms with Gasteiger partial charge in [0.25, 0.3) is 0 Å². The lowest BCUT2D eigenvalue weighted by Crippen LogP contribution is -2.04. The first kappa shape index (κ1) is 14.0. The second kappa shape index (κ2) is 6.17. The molecule has 2 aromatic rings. The first-order valence-electron chi connectivity index (χ1n) is 6.14. The molecule has 4 heteroatoms. The Bertz CT molecular complexity index is 561. The molecular formula is C15H17BrN2O. The third kappa shape index (κ3) is 3.55. The van der Waals surface area contributed by atoms with Crippen LogP contribution in [-0.2, 0) is 13.2 Å². The fraction of sp³-hybridized carbons (Fsp3) is 0.267. The number of hydrogen-bond acceptors (Lipinski definition) is 3. The second-order valence-corrected chi connectivity index (χ2v) is 5.28. The van der Waals surface area contributed by atoms with Gasteiger partial charge in [-0.05, 0) is 49.2 Å². The van der Waals surface area contributed by atoms with Gasteiger partial charge in [-0.15, -0.1) is 0 Å². The smallest absolute Gasteiger partial charge is 0.130 e. The summed E-state index contributed by atoms with van der Waals surface area (Å²) in [6, 6.07) is 9.84. The molecule has 0 aliphatic heterocycles. The zero-order chi connectivity index (χ0) is 13.8. The molecule has 100 valence electrons. The average Bonchev–Trinajstić information content (AvgIpc) is 2.42. The fourth-order valence-corrected chi connectivity index (χ4v) is 2.10. The van der Waals surface area contributed by atoms with Crippen LogP contribution in [0.25, 0.3) is 0 Å². The Labute approximate surface area is 121 Å². The molecular weight excluding hydrogens is 304 g/mol. The molecule has 1 aromatic carbocycles. The van der Waals surface area contributed by atoms with Gasteiger partial charge < -0.3 is 10.5 Å². The van der Waals surface area contributed by atoms with Crippen LogP contribution in [0.15, 0.2) is 34.8 Å². The quantitative estimate of drug-likeness (QED) is 0.937. The van der Waals surface area contributed by atoms with E-state index in [-0.39, 0.29) is 0 Å². The van der Waals surface area contributed by atoms with Crippen molar-refractivity contribution >= 4 is 15.9 Å². The Morgan fingerprint density at radius 3 is 2.42 bits per heavy atom. The van der Waals surface area contributed by atoms with Gasteiger partial charge in [0, 0.05) is 11.0 Å². The molecule has 1 heterocycles. The van der Waals surface area contributed by atoms with Gasteiger partial charge in [0.15, 0.2) is 0 Å². The van der Waals surface area contributed by atoms with Crippen molar-refractivity contribution in [3.8, 4) is 5.75 Å². The van der Waals surface area contributed by atoms with E-state index < -0.39 is 0 Å². The number of hydrogen-bond donors (Lipinski definition) is 1. The van der Waals surface area contributed by atoms with Gasteiger partial charge in [0.2, 0.25) is 0 Å². The summed E-state index contributed by atoms with van der Waals surface area (Å²) in [6.07, 6.45) is 0. The first-order valence-corrected chi connectivity index (χ1v) is 6.94. The van der Waals surface area contributed by atoms with Crippen LogP contribution in [0.4, 0.5) is 0 Å². The summed E-state index contributed by atoms with van der Waals surface area (Å²) in [5.41, 5.74) is 9.67. The third-order valence-corrected chi connectivity index (χ3v) is 4.12. The highest BCUT2D eigenvalue weighted by Gasteiger charge is 2.04. The molecule has 0 saturated heterocycles. The van der Waals surface area contributed by atoms with E-state index in [0.29, 0.717) is 13.2 Å². The van der Waals surface area contributed by atoms with Crippen molar-refractivity contribution in [1.29, 1.82) is 0 Å². The van der Waals surface area contributed by atoms with Crippen LogP contribution in [0.2, 0.25) is 0 Å². The molecule has 0 amide bonds. The predicted octanol–water partition coefficient (Wildman–Crippen LogP) is 3.50. The molecule has 0 spiro atoms. The maximum absolute atomic E-state index is 5.78. The molecule has 0 aliphatic carbocycles. The highest BCUT2D eigenvalue weighted by Crippen LogP contribution is 2.26. The molecule has 0 bridgehead atoms. The number of benzene rings is 1. The van der Waals surface area contributed by atoms with Crippen molar-refractivity contribution in [1.82, 2.24) is 4.98 Å². The van der Waals surface area contributed by atoms with E-state index >= 15 is 0 Å². The van der Waals surface area contributed by atoms with Gasteiger partial charge in [-0.1, -0.05) is 22.0 Å². The molecule has 0 unspecified atom stereocenters. The Kier molecular flexibility index (Phi) is 4.56. The molecule has 19 heavy (non-hydrogen) atoms. The Morgan fingerprint density at radius 2 is 1.79 bits per heavy atom. The number of aromatic nitrogens is 1. The maximum atomic E-state index is 5.78. The Balaban J connectivity index is 2.10. The molecule has 0 saturated carbocycles. The SMILES string of the molecule is Cc1cc(OCc2cccc(CN)n2)cc(C)c1Br. The van der Waals surface area contributed by atoms with Crippen LogP contribution in [0.1, 0.15) is 22.5 Å². The van der Waals surface area contributed by atoms with E-state index in [1.807, 2.05) is 30.3 Å². The lowest BCUT2D eigenvalue weighted by atomic mass is 10.1. The summed E-state index contributed by atoms with van der Waals surface area (Å²) in [4.78, 5) is 4.41. The number of rotatable bonds is 4. The van der Waals surface area contributed by atoms with Crippen LogP contribution in [0.3, 0.4) is 0 Å². The predicted molar refractivity (Wildman–Crippen MR) is 80.1 cm³/mol. The molecule has 0 aliphatic rings. The van der Waals surface area contributed by atoms with Crippen LogP contribution < -0.4 is 10.5 Å². The van der Waals surface area contributed by atoms with Gasteiger partial charge in [-0.3, -0.25) is 4.98 Å². The van der Waals surface area contributed by atoms with Crippen molar-refractivity contribution in [2.75, 3.05) is 0 Å². The highest BCUT2D eigenvalue weighted by atomic mass is 79.9. The molecule has 0 radical (unpaired) electrons. The van der Waals surface area contributed by atoms with E-state index in [1.54, 1.807) is 0 Å². The van der Waals surface area contributed by atoms with Crippen molar-refractivity contribution in [2.24, 2.45) is 5.73 Å². The zero-order valence-corrected chi connectivity index (χ0v) is 12.7. The van der Waals surface area contributed by atoms with Gasteiger partial charge in [-0.2, -0.15) is 0 Å². The van der Waals surface area contributed by atoms with Crippen LogP contribution in [0, 0.1) is 13.8 Å². The summed E-state index contributed by atoms with van der Waals surface area (Å²) in [7, 11) is 0. The first-order chi connectivity index (χ1) is 9.10. The van der Waals surface area contributed by atoms with Crippen LogP contribution >= 0.6 is 15.9 Å². The van der Waals surface area contributed by atoms with E-state index in [4.69, 9.17) is 10.5 Å². The van der Waals surface area contributed by atoms with Gasteiger partial charge in [-0.25, -0.2) is 0 Å². The lowest BCUT2D eigenvalue weighted by molar-refractivity contribution is 0.300.